The number of benzene rings is 2. The number of anilines is 1. The normalized spacial score (nSPS) is 12.2. The highest BCUT2D eigenvalue weighted by Gasteiger charge is 2.32. The van der Waals surface area contributed by atoms with Gasteiger partial charge < -0.3 is 10.2 Å². The number of aryl methyl sites for hydroxylation is 1. The first-order valence-electron chi connectivity index (χ1n) is 11.6. The number of hydrogen-bond donors (Lipinski definition) is 1. The molecule has 0 saturated carbocycles. The number of carbonyl (C=O) groups is 2. The molecule has 0 fully saturated rings. The summed E-state index contributed by atoms with van der Waals surface area (Å²) in [6.07, 6.45) is 2.72. The van der Waals surface area contributed by atoms with E-state index in [4.69, 9.17) is 23.2 Å². The molecule has 0 spiro atoms. The van der Waals surface area contributed by atoms with Crippen molar-refractivity contribution in [2.45, 2.75) is 52.6 Å². The van der Waals surface area contributed by atoms with Crippen LogP contribution >= 0.6 is 23.2 Å². The van der Waals surface area contributed by atoms with E-state index in [1.165, 1.54) is 4.90 Å². The van der Waals surface area contributed by atoms with Gasteiger partial charge in [0.2, 0.25) is 21.8 Å². The van der Waals surface area contributed by atoms with Crippen molar-refractivity contribution < 1.29 is 18.0 Å². The van der Waals surface area contributed by atoms with Crippen molar-refractivity contribution in [3.05, 3.63) is 63.6 Å². The van der Waals surface area contributed by atoms with Crippen molar-refractivity contribution in [1.82, 2.24) is 10.2 Å². The van der Waals surface area contributed by atoms with E-state index in [1.807, 2.05) is 26.0 Å². The van der Waals surface area contributed by atoms with Crippen molar-refractivity contribution in [1.29, 1.82) is 0 Å². The van der Waals surface area contributed by atoms with Gasteiger partial charge in [-0.25, -0.2) is 8.42 Å². The molecular formula is C25H33Cl2N3O4S. The summed E-state index contributed by atoms with van der Waals surface area (Å²) in [5.41, 5.74) is 1.72. The summed E-state index contributed by atoms with van der Waals surface area (Å²) < 4.78 is 26.6. The molecule has 7 nitrogen and oxygen atoms in total. The zero-order valence-corrected chi connectivity index (χ0v) is 22.9. The summed E-state index contributed by atoms with van der Waals surface area (Å²) >= 11 is 12.7. The summed E-state index contributed by atoms with van der Waals surface area (Å²) in [6, 6.07) is 11.2. The lowest BCUT2D eigenvalue weighted by atomic mass is 10.1. The number of amides is 2. The van der Waals surface area contributed by atoms with Crippen LogP contribution in [0.1, 0.15) is 44.7 Å². The molecule has 1 N–H and O–H groups in total. The van der Waals surface area contributed by atoms with E-state index in [0.29, 0.717) is 40.7 Å². The van der Waals surface area contributed by atoms with Crippen LogP contribution in [-0.4, -0.2) is 50.5 Å². The molecule has 0 radical (unpaired) electrons. The standard InChI is InChI=1S/C25H33Cl2N3O4S/c1-5-15-28-25(32)22(7-3)29(16-19-20(26)12-10-13-21(19)27)24(31)17-30(35(4,33)34)23-14-9-8-11-18(23)6-2/h8-14,22H,5-7,15-17H2,1-4H3,(H,28,32)/t22-/m0/s1. The first kappa shape index (κ1) is 28.9. The van der Waals surface area contributed by atoms with Gasteiger partial charge in [0, 0.05) is 28.7 Å². The largest absolute Gasteiger partial charge is 0.354 e. The van der Waals surface area contributed by atoms with E-state index in [0.717, 1.165) is 22.5 Å². The smallest absolute Gasteiger partial charge is 0.244 e. The Hall–Kier alpha value is -2.29. The lowest BCUT2D eigenvalue weighted by molar-refractivity contribution is -0.140. The SMILES string of the molecule is CCCNC(=O)[C@H](CC)N(Cc1c(Cl)cccc1Cl)C(=O)CN(c1ccccc1CC)S(C)(=O)=O. The third-order valence-electron chi connectivity index (χ3n) is 5.65. The van der Waals surface area contributed by atoms with Gasteiger partial charge in [0.05, 0.1) is 11.9 Å². The summed E-state index contributed by atoms with van der Waals surface area (Å²) in [5.74, 6) is -0.846. The van der Waals surface area contributed by atoms with E-state index < -0.39 is 28.5 Å². The molecule has 0 saturated heterocycles. The van der Waals surface area contributed by atoms with Gasteiger partial charge in [0.1, 0.15) is 12.6 Å². The highest BCUT2D eigenvalue weighted by atomic mass is 35.5. The highest BCUT2D eigenvalue weighted by molar-refractivity contribution is 7.92. The minimum Gasteiger partial charge on any atom is -0.354 e. The molecule has 0 heterocycles. The van der Waals surface area contributed by atoms with Crippen LogP contribution < -0.4 is 9.62 Å². The van der Waals surface area contributed by atoms with Gasteiger partial charge in [-0.2, -0.15) is 0 Å². The number of nitrogens with zero attached hydrogens (tertiary/aromatic N) is 2. The van der Waals surface area contributed by atoms with Gasteiger partial charge in [-0.3, -0.25) is 13.9 Å². The maximum Gasteiger partial charge on any atom is 0.244 e. The van der Waals surface area contributed by atoms with Crippen molar-refractivity contribution >= 4 is 50.7 Å². The average Bonchev–Trinajstić information content (AvgIpc) is 2.81. The highest BCUT2D eigenvalue weighted by Crippen LogP contribution is 2.28. The minimum absolute atomic E-state index is 0.0393. The van der Waals surface area contributed by atoms with Crippen LogP contribution in [0.5, 0.6) is 0 Å². The van der Waals surface area contributed by atoms with Gasteiger partial charge >= 0.3 is 0 Å². The Morgan fingerprint density at radius 2 is 1.63 bits per heavy atom. The Morgan fingerprint density at radius 1 is 1.00 bits per heavy atom. The quantitative estimate of drug-likeness (QED) is 0.423. The Morgan fingerprint density at radius 3 is 2.17 bits per heavy atom. The molecule has 2 amide bonds. The predicted octanol–water partition coefficient (Wildman–Crippen LogP) is 4.66. The van der Waals surface area contributed by atoms with E-state index in [2.05, 4.69) is 5.32 Å². The molecule has 35 heavy (non-hydrogen) atoms. The maximum atomic E-state index is 13.7. The second kappa shape index (κ2) is 13.1. The number of hydrogen-bond acceptors (Lipinski definition) is 4. The van der Waals surface area contributed by atoms with Gasteiger partial charge in [-0.15, -0.1) is 0 Å². The van der Waals surface area contributed by atoms with E-state index >= 15 is 0 Å². The minimum atomic E-state index is -3.80. The molecule has 0 aliphatic carbocycles. The van der Waals surface area contributed by atoms with Crippen LogP contribution in [0.4, 0.5) is 5.69 Å². The van der Waals surface area contributed by atoms with Crippen LogP contribution in [-0.2, 0) is 32.6 Å². The zero-order chi connectivity index (χ0) is 26.2. The summed E-state index contributed by atoms with van der Waals surface area (Å²) in [5, 5.41) is 3.55. The van der Waals surface area contributed by atoms with Crippen LogP contribution in [0.25, 0.3) is 0 Å². The van der Waals surface area contributed by atoms with E-state index in [9.17, 15) is 18.0 Å². The molecule has 192 valence electrons. The summed E-state index contributed by atoms with van der Waals surface area (Å²) in [7, 11) is -3.80. The summed E-state index contributed by atoms with van der Waals surface area (Å²) in [6.45, 7) is 5.60. The number of para-hydroxylation sites is 1. The lowest BCUT2D eigenvalue weighted by Gasteiger charge is -2.33. The molecule has 0 aliphatic rings. The van der Waals surface area contributed by atoms with E-state index in [-0.39, 0.29) is 12.5 Å². The molecule has 0 aliphatic heterocycles. The Bertz CT molecular complexity index is 1120. The van der Waals surface area contributed by atoms with Gasteiger partial charge in [-0.05, 0) is 43.0 Å². The zero-order valence-electron chi connectivity index (χ0n) is 20.6. The van der Waals surface area contributed by atoms with Crippen LogP contribution in [0.2, 0.25) is 10.0 Å². The summed E-state index contributed by atoms with van der Waals surface area (Å²) in [4.78, 5) is 28.1. The van der Waals surface area contributed by atoms with Crippen molar-refractivity contribution in [3.63, 3.8) is 0 Å². The fourth-order valence-corrected chi connectivity index (χ4v) is 5.18. The Balaban J connectivity index is 2.52. The second-order valence-corrected chi connectivity index (χ2v) is 10.9. The topological polar surface area (TPSA) is 86.8 Å². The van der Waals surface area contributed by atoms with Crippen molar-refractivity contribution in [3.8, 4) is 0 Å². The number of carbonyl (C=O) groups excluding carboxylic acids is 2. The molecule has 2 aromatic rings. The van der Waals surface area contributed by atoms with Crippen molar-refractivity contribution in [2.75, 3.05) is 23.7 Å². The number of sulfonamides is 1. The maximum absolute atomic E-state index is 13.7. The molecule has 1 atom stereocenters. The van der Waals surface area contributed by atoms with Gasteiger partial charge in [0.15, 0.2) is 0 Å². The lowest BCUT2D eigenvalue weighted by Crippen LogP contribution is -2.52. The van der Waals surface area contributed by atoms with Gasteiger partial charge in [-0.1, -0.05) is 68.2 Å². The second-order valence-electron chi connectivity index (χ2n) is 8.19. The molecule has 2 aromatic carbocycles. The van der Waals surface area contributed by atoms with Gasteiger partial charge in [0.25, 0.3) is 0 Å². The van der Waals surface area contributed by atoms with Crippen molar-refractivity contribution in [2.24, 2.45) is 0 Å². The molecule has 0 unspecified atom stereocenters. The number of halogens is 2. The third-order valence-corrected chi connectivity index (χ3v) is 7.48. The predicted molar refractivity (Wildman–Crippen MR) is 142 cm³/mol. The van der Waals surface area contributed by atoms with Crippen LogP contribution in [0.15, 0.2) is 42.5 Å². The van der Waals surface area contributed by atoms with E-state index in [1.54, 1.807) is 37.3 Å². The Kier molecular flexibility index (Phi) is 10.9. The molecular weight excluding hydrogens is 509 g/mol. The molecule has 0 bridgehead atoms. The first-order valence-corrected chi connectivity index (χ1v) is 14.2. The number of rotatable bonds is 12. The van der Waals surface area contributed by atoms with Crippen LogP contribution in [0.3, 0.4) is 0 Å². The molecule has 10 heteroatoms. The average molecular weight is 543 g/mol. The fourth-order valence-electron chi connectivity index (χ4n) is 3.79. The fraction of sp³-hybridized carbons (Fsp3) is 0.440. The molecule has 0 aromatic heterocycles. The monoisotopic (exact) mass is 541 g/mol. The Labute approximate surface area is 218 Å². The first-order chi connectivity index (χ1) is 16.5. The molecule has 2 rings (SSSR count). The third kappa shape index (κ3) is 7.59. The number of nitrogens with one attached hydrogen (secondary N) is 1. The van der Waals surface area contributed by atoms with Crippen LogP contribution in [0, 0.1) is 0 Å².